The summed E-state index contributed by atoms with van der Waals surface area (Å²) in [6.07, 6.45) is 6.67. The summed E-state index contributed by atoms with van der Waals surface area (Å²) in [5.74, 6) is -1.44. The number of carbonyl (C=O) groups is 1. The highest BCUT2D eigenvalue weighted by atomic mass is 32.2. The lowest BCUT2D eigenvalue weighted by Crippen LogP contribution is -2.23. The Morgan fingerprint density at radius 3 is 2.10 bits per heavy atom. The molecule has 216 valence electrons. The van der Waals surface area contributed by atoms with Crippen molar-refractivity contribution in [3.8, 4) is 11.1 Å². The van der Waals surface area contributed by atoms with Crippen LogP contribution in [0.3, 0.4) is 0 Å². The predicted octanol–water partition coefficient (Wildman–Crippen LogP) is 4.20. The van der Waals surface area contributed by atoms with Crippen LogP contribution in [0.4, 0.5) is 5.69 Å². The van der Waals surface area contributed by atoms with Crippen LogP contribution in [0.15, 0.2) is 82.0 Å². The molecule has 0 aliphatic rings. The van der Waals surface area contributed by atoms with Crippen molar-refractivity contribution >= 4 is 43.0 Å². The van der Waals surface area contributed by atoms with Crippen molar-refractivity contribution in [1.82, 2.24) is 14.8 Å². The molecule has 1 aromatic carbocycles. The van der Waals surface area contributed by atoms with E-state index in [9.17, 15) is 21.6 Å². The van der Waals surface area contributed by atoms with E-state index in [1.165, 1.54) is 16.8 Å². The molecule has 0 radical (unpaired) electrons. The second kappa shape index (κ2) is 12.2. The first-order valence-corrected chi connectivity index (χ1v) is 16.5. The molecule has 0 aliphatic carbocycles. The van der Waals surface area contributed by atoms with Crippen molar-refractivity contribution in [2.75, 3.05) is 30.5 Å². The molecule has 3 aromatic heterocycles. The topological polar surface area (TPSA) is 130 Å². The average molecular weight is 596 g/mol. The summed E-state index contributed by atoms with van der Waals surface area (Å²) in [4.78, 5) is 18.7. The molecule has 3 heterocycles. The fourth-order valence-electron chi connectivity index (χ4n) is 4.55. The highest BCUT2D eigenvalue weighted by Gasteiger charge is 2.37. The van der Waals surface area contributed by atoms with Crippen LogP contribution >= 0.6 is 0 Å². The number of hydrogen-bond donors (Lipinski definition) is 1. The van der Waals surface area contributed by atoms with Gasteiger partial charge in [-0.15, -0.1) is 0 Å². The lowest BCUT2D eigenvalue weighted by molar-refractivity contribution is 0.0945. The molecule has 0 atom stereocenters. The molecule has 41 heavy (non-hydrogen) atoms. The maximum Gasteiger partial charge on any atom is 0.289 e. The molecule has 10 nitrogen and oxygen atoms in total. The van der Waals surface area contributed by atoms with E-state index in [-0.39, 0.29) is 40.5 Å². The van der Waals surface area contributed by atoms with E-state index in [4.69, 9.17) is 0 Å². The SMILES string of the molecule is CCCS(=O)(=O)c1c(S(=O)(=O)CCC)c2cc(-c3ccncc3)ccn2c1C(=O)NN=Cc1ccc(N(C)C)cc1. The Kier molecular flexibility index (Phi) is 8.93. The number of nitrogens with one attached hydrogen (secondary N) is 1. The first-order chi connectivity index (χ1) is 19.5. The largest absolute Gasteiger partial charge is 0.378 e. The first kappa shape index (κ1) is 29.9. The van der Waals surface area contributed by atoms with E-state index in [1.54, 1.807) is 50.5 Å². The second-order valence-electron chi connectivity index (χ2n) is 9.74. The van der Waals surface area contributed by atoms with Gasteiger partial charge < -0.3 is 9.30 Å². The molecular weight excluding hydrogens is 562 g/mol. The molecule has 0 unspecified atom stereocenters. The van der Waals surface area contributed by atoms with Gasteiger partial charge in [0.1, 0.15) is 15.5 Å². The normalized spacial score (nSPS) is 12.2. The summed E-state index contributed by atoms with van der Waals surface area (Å²) in [6.45, 7) is 3.38. The van der Waals surface area contributed by atoms with E-state index >= 15 is 0 Å². The number of amides is 1. The molecular formula is C29H33N5O5S2. The number of pyridine rings is 2. The van der Waals surface area contributed by atoms with Crippen LogP contribution < -0.4 is 10.3 Å². The van der Waals surface area contributed by atoms with Crippen LogP contribution in [0.5, 0.6) is 0 Å². The van der Waals surface area contributed by atoms with E-state index < -0.39 is 30.5 Å². The second-order valence-corrected chi connectivity index (χ2v) is 13.8. The lowest BCUT2D eigenvalue weighted by Gasteiger charge is -2.11. The lowest BCUT2D eigenvalue weighted by atomic mass is 10.1. The van der Waals surface area contributed by atoms with Crippen molar-refractivity contribution in [3.05, 3.63) is 78.4 Å². The fourth-order valence-corrected chi connectivity index (χ4v) is 8.52. The molecule has 1 amide bonds. The maximum atomic E-state index is 13.6. The highest BCUT2D eigenvalue weighted by Crippen LogP contribution is 2.36. The van der Waals surface area contributed by atoms with Gasteiger partial charge in [-0.05, 0) is 65.9 Å². The summed E-state index contributed by atoms with van der Waals surface area (Å²) in [5, 5.41) is 4.04. The Hall–Kier alpha value is -4.03. The molecule has 4 aromatic rings. The minimum Gasteiger partial charge on any atom is -0.378 e. The van der Waals surface area contributed by atoms with Gasteiger partial charge in [0.05, 0.1) is 23.2 Å². The van der Waals surface area contributed by atoms with Crippen molar-refractivity contribution in [1.29, 1.82) is 0 Å². The number of carbonyl (C=O) groups excluding carboxylic acids is 1. The average Bonchev–Trinajstić information content (AvgIpc) is 3.30. The van der Waals surface area contributed by atoms with Crippen LogP contribution in [0.2, 0.25) is 0 Å². The quantitative estimate of drug-likeness (QED) is 0.203. The molecule has 0 aliphatic heterocycles. The molecule has 0 bridgehead atoms. The molecule has 12 heteroatoms. The number of aromatic nitrogens is 2. The zero-order valence-corrected chi connectivity index (χ0v) is 25.0. The molecule has 0 saturated carbocycles. The van der Waals surface area contributed by atoms with Crippen LogP contribution in [0, 0.1) is 0 Å². The minimum absolute atomic E-state index is 0.107. The van der Waals surface area contributed by atoms with E-state index in [0.717, 1.165) is 11.3 Å². The van der Waals surface area contributed by atoms with Crippen molar-refractivity contribution in [2.24, 2.45) is 5.10 Å². The zero-order valence-electron chi connectivity index (χ0n) is 23.4. The minimum atomic E-state index is -4.17. The summed E-state index contributed by atoms with van der Waals surface area (Å²) in [6, 6.07) is 14.2. The van der Waals surface area contributed by atoms with E-state index in [1.807, 2.05) is 43.3 Å². The number of sulfone groups is 2. The Balaban J connectivity index is 1.91. The molecule has 0 spiro atoms. The van der Waals surface area contributed by atoms with Gasteiger partial charge in [0.25, 0.3) is 5.91 Å². The van der Waals surface area contributed by atoms with Gasteiger partial charge in [-0.3, -0.25) is 9.78 Å². The van der Waals surface area contributed by atoms with Gasteiger partial charge in [0.2, 0.25) is 0 Å². The van der Waals surface area contributed by atoms with E-state index in [2.05, 4.69) is 15.5 Å². The van der Waals surface area contributed by atoms with Gasteiger partial charge in [-0.25, -0.2) is 22.3 Å². The number of hydrogen-bond acceptors (Lipinski definition) is 8. The maximum absolute atomic E-state index is 13.6. The number of anilines is 1. The summed E-state index contributed by atoms with van der Waals surface area (Å²) in [7, 11) is -4.42. The van der Waals surface area contributed by atoms with Gasteiger partial charge in [-0.2, -0.15) is 5.10 Å². The highest BCUT2D eigenvalue weighted by molar-refractivity contribution is 7.94. The molecule has 4 rings (SSSR count). The standard InChI is InChI=1S/C29H33N5O5S2/c1-5-17-40(36,37)27-25-19-23(22-11-14-30-15-12-22)13-16-34(25)26(28(27)41(38,39)18-6-2)29(35)32-31-20-21-7-9-24(10-8-21)33(3)4/h7-16,19-20H,5-6,17-18H2,1-4H3,(H,32,35). The number of rotatable bonds is 11. The number of fused-ring (bicyclic) bond motifs is 1. The summed E-state index contributed by atoms with van der Waals surface area (Å²) >= 11 is 0. The number of nitrogens with zero attached hydrogens (tertiary/aromatic N) is 4. The van der Waals surface area contributed by atoms with Crippen LogP contribution in [-0.2, 0) is 19.7 Å². The van der Waals surface area contributed by atoms with Gasteiger partial charge in [0.15, 0.2) is 19.7 Å². The smallest absolute Gasteiger partial charge is 0.289 e. The number of hydrazone groups is 1. The summed E-state index contributed by atoms with van der Waals surface area (Å²) < 4.78 is 55.8. The van der Waals surface area contributed by atoms with E-state index in [0.29, 0.717) is 11.1 Å². The van der Waals surface area contributed by atoms with Crippen LogP contribution in [0.25, 0.3) is 16.6 Å². The summed E-state index contributed by atoms with van der Waals surface area (Å²) in [5.41, 5.74) is 5.32. The van der Waals surface area contributed by atoms with Gasteiger partial charge in [0, 0.05) is 38.4 Å². The molecule has 0 fully saturated rings. The third-order valence-electron chi connectivity index (χ3n) is 6.44. The Morgan fingerprint density at radius 1 is 0.902 bits per heavy atom. The third-order valence-corrected chi connectivity index (χ3v) is 10.5. The fraction of sp³-hybridized carbons (Fsp3) is 0.276. The zero-order chi connectivity index (χ0) is 29.8. The van der Waals surface area contributed by atoms with Crippen molar-refractivity contribution in [3.63, 3.8) is 0 Å². The van der Waals surface area contributed by atoms with Crippen LogP contribution in [0.1, 0.15) is 42.7 Å². The molecule has 0 saturated heterocycles. The van der Waals surface area contributed by atoms with Crippen molar-refractivity contribution < 1.29 is 21.6 Å². The first-order valence-electron chi connectivity index (χ1n) is 13.1. The van der Waals surface area contributed by atoms with Gasteiger partial charge >= 0.3 is 0 Å². The van der Waals surface area contributed by atoms with Crippen LogP contribution in [-0.4, -0.2) is 63.9 Å². The predicted molar refractivity (Wildman–Crippen MR) is 161 cm³/mol. The monoisotopic (exact) mass is 595 g/mol. The molecule has 1 N–H and O–H groups in total. The van der Waals surface area contributed by atoms with Crippen molar-refractivity contribution in [2.45, 2.75) is 36.5 Å². The van der Waals surface area contributed by atoms with Gasteiger partial charge in [-0.1, -0.05) is 26.0 Å². The Bertz CT molecular complexity index is 1800. The number of benzene rings is 1. The third kappa shape index (κ3) is 6.33. The Labute approximate surface area is 240 Å². The Morgan fingerprint density at radius 2 is 1.51 bits per heavy atom.